The van der Waals surface area contributed by atoms with Crippen molar-refractivity contribution in [2.24, 2.45) is 11.8 Å². The minimum absolute atomic E-state index is 0.0441. The first kappa shape index (κ1) is 37.0. The summed E-state index contributed by atoms with van der Waals surface area (Å²) in [4.78, 5) is 63.6. The number of fused-ring (bicyclic) bond motifs is 1. The SMILES string of the molecule is CC(C)OC(=O)C(O)C(CC1CCCCC1)NC(=O)[C@H](Cc1cnc[nH]1)NC(=O)C(CC(=O)N1CCOCC1)Cc1cccc2ccccc12. The molecule has 1 aromatic heterocycles. The second-order valence-electron chi connectivity index (χ2n) is 13.9. The van der Waals surface area contributed by atoms with Crippen LogP contribution in [-0.4, -0.2) is 94.3 Å². The predicted octanol–water partition coefficient (Wildman–Crippen LogP) is 3.47. The number of carbonyl (C=O) groups is 4. The first-order valence-electron chi connectivity index (χ1n) is 18.0. The van der Waals surface area contributed by atoms with E-state index in [-0.39, 0.29) is 31.1 Å². The Morgan fingerprint density at radius 1 is 0.980 bits per heavy atom. The number of aliphatic hydroxyl groups is 1. The molecule has 2 aliphatic rings. The molecule has 12 nitrogen and oxygen atoms in total. The van der Waals surface area contributed by atoms with Gasteiger partial charge in [0.1, 0.15) is 6.04 Å². The number of ether oxygens (including phenoxy) is 2. The number of nitrogens with zero attached hydrogens (tertiary/aromatic N) is 2. The molecule has 2 aromatic carbocycles. The zero-order valence-electron chi connectivity index (χ0n) is 29.1. The van der Waals surface area contributed by atoms with Crippen molar-refractivity contribution in [3.05, 3.63) is 66.2 Å². The van der Waals surface area contributed by atoms with Crippen molar-refractivity contribution in [3.8, 4) is 0 Å². The Morgan fingerprint density at radius 2 is 1.72 bits per heavy atom. The zero-order chi connectivity index (χ0) is 35.5. The monoisotopic (exact) mass is 689 g/mol. The fourth-order valence-electron chi connectivity index (χ4n) is 7.06. The number of aromatic amines is 1. The van der Waals surface area contributed by atoms with Gasteiger partial charge in [0, 0.05) is 37.8 Å². The van der Waals surface area contributed by atoms with Gasteiger partial charge >= 0.3 is 5.97 Å². The number of hydrogen-bond acceptors (Lipinski definition) is 8. The highest BCUT2D eigenvalue weighted by atomic mass is 16.6. The number of hydrogen-bond donors (Lipinski definition) is 4. The van der Waals surface area contributed by atoms with Gasteiger partial charge in [-0.1, -0.05) is 74.6 Å². The Kier molecular flexibility index (Phi) is 13.4. The molecule has 1 aliphatic carbocycles. The molecule has 2 fully saturated rings. The molecule has 3 amide bonds. The maximum absolute atomic E-state index is 14.3. The maximum Gasteiger partial charge on any atom is 0.337 e. The van der Waals surface area contributed by atoms with E-state index in [9.17, 15) is 24.3 Å². The van der Waals surface area contributed by atoms with Crippen molar-refractivity contribution in [2.45, 2.75) is 95.9 Å². The van der Waals surface area contributed by atoms with Gasteiger partial charge in [0.2, 0.25) is 17.7 Å². The van der Waals surface area contributed by atoms with Crippen molar-refractivity contribution < 1.29 is 33.8 Å². The van der Waals surface area contributed by atoms with Gasteiger partial charge in [-0.25, -0.2) is 9.78 Å². The molecule has 50 heavy (non-hydrogen) atoms. The minimum atomic E-state index is -1.57. The summed E-state index contributed by atoms with van der Waals surface area (Å²) >= 11 is 0. The summed E-state index contributed by atoms with van der Waals surface area (Å²) in [7, 11) is 0. The van der Waals surface area contributed by atoms with Crippen LogP contribution in [-0.2, 0) is 41.5 Å². The van der Waals surface area contributed by atoms with Gasteiger partial charge in [-0.15, -0.1) is 0 Å². The predicted molar refractivity (Wildman–Crippen MR) is 188 cm³/mol. The maximum atomic E-state index is 14.3. The number of carbonyl (C=O) groups excluding carboxylic acids is 4. The normalized spacial score (nSPS) is 17.9. The van der Waals surface area contributed by atoms with Crippen LogP contribution in [0.2, 0.25) is 0 Å². The molecular formula is C38H51N5O7. The summed E-state index contributed by atoms with van der Waals surface area (Å²) in [5.74, 6) is -2.49. The summed E-state index contributed by atoms with van der Waals surface area (Å²) in [5, 5.41) is 19.0. The molecule has 5 rings (SSSR count). The largest absolute Gasteiger partial charge is 0.461 e. The van der Waals surface area contributed by atoms with Crippen molar-refractivity contribution in [1.82, 2.24) is 25.5 Å². The Labute approximate surface area is 293 Å². The number of rotatable bonds is 15. The number of nitrogens with one attached hydrogen (secondary N) is 3. The number of aromatic nitrogens is 2. The smallest absolute Gasteiger partial charge is 0.337 e. The highest BCUT2D eigenvalue weighted by molar-refractivity contribution is 5.92. The number of esters is 1. The van der Waals surface area contributed by atoms with Gasteiger partial charge in [0.15, 0.2) is 6.10 Å². The summed E-state index contributed by atoms with van der Waals surface area (Å²) in [6, 6.07) is 11.8. The number of aliphatic hydroxyl groups excluding tert-OH is 1. The third-order valence-corrected chi connectivity index (χ3v) is 9.73. The Bertz CT molecular complexity index is 1560. The average molecular weight is 690 g/mol. The van der Waals surface area contributed by atoms with E-state index in [0.29, 0.717) is 38.4 Å². The number of benzene rings is 2. The molecule has 3 aromatic rings. The molecule has 1 saturated heterocycles. The van der Waals surface area contributed by atoms with E-state index < -0.39 is 48.0 Å². The van der Waals surface area contributed by atoms with Crippen molar-refractivity contribution in [1.29, 1.82) is 0 Å². The molecule has 2 heterocycles. The van der Waals surface area contributed by atoms with E-state index >= 15 is 0 Å². The fourth-order valence-corrected chi connectivity index (χ4v) is 7.06. The van der Waals surface area contributed by atoms with Crippen LogP contribution in [0.1, 0.15) is 70.1 Å². The van der Waals surface area contributed by atoms with Gasteiger partial charge in [0.05, 0.1) is 37.6 Å². The molecule has 1 aliphatic heterocycles. The molecule has 0 radical (unpaired) electrons. The lowest BCUT2D eigenvalue weighted by molar-refractivity contribution is -0.159. The lowest BCUT2D eigenvalue weighted by Gasteiger charge is -2.31. The Hall–Kier alpha value is -4.29. The van der Waals surface area contributed by atoms with Crippen LogP contribution in [0.5, 0.6) is 0 Å². The van der Waals surface area contributed by atoms with E-state index in [0.717, 1.165) is 48.4 Å². The topological polar surface area (TPSA) is 163 Å². The third-order valence-electron chi connectivity index (χ3n) is 9.73. The average Bonchev–Trinajstić information content (AvgIpc) is 3.64. The van der Waals surface area contributed by atoms with Crippen LogP contribution in [0.15, 0.2) is 55.0 Å². The Morgan fingerprint density at radius 3 is 2.44 bits per heavy atom. The van der Waals surface area contributed by atoms with Gasteiger partial charge < -0.3 is 35.1 Å². The van der Waals surface area contributed by atoms with Gasteiger partial charge in [0.25, 0.3) is 0 Å². The van der Waals surface area contributed by atoms with Crippen molar-refractivity contribution >= 4 is 34.5 Å². The van der Waals surface area contributed by atoms with Crippen LogP contribution in [0.3, 0.4) is 0 Å². The molecular weight excluding hydrogens is 638 g/mol. The second-order valence-corrected chi connectivity index (χ2v) is 13.9. The van der Waals surface area contributed by atoms with Crippen molar-refractivity contribution in [2.75, 3.05) is 26.3 Å². The van der Waals surface area contributed by atoms with E-state index in [1.807, 2.05) is 42.5 Å². The van der Waals surface area contributed by atoms with Gasteiger partial charge in [-0.2, -0.15) is 0 Å². The van der Waals surface area contributed by atoms with Gasteiger partial charge in [-0.05, 0) is 48.9 Å². The standard InChI is InChI=1S/C38H51N5O7/c1-25(2)50-38(48)35(45)32(19-26-9-4-3-5-10-26)41-37(47)33(22-30-23-39-24-40-30)42-36(46)29(21-34(44)43-15-17-49-18-16-43)20-28-13-8-12-27-11-6-7-14-31(27)28/h6-8,11-14,23-26,29,32-33,35,45H,3-5,9-10,15-22H2,1-2H3,(H,39,40)(H,41,47)(H,42,46)/t29?,32?,33-,35?/m0/s1. The number of morpholine rings is 1. The first-order chi connectivity index (χ1) is 24.2. The quantitative estimate of drug-likeness (QED) is 0.176. The highest BCUT2D eigenvalue weighted by Gasteiger charge is 2.35. The van der Waals surface area contributed by atoms with E-state index in [2.05, 4.69) is 20.6 Å². The fraction of sp³-hybridized carbons (Fsp3) is 0.553. The van der Waals surface area contributed by atoms with Crippen LogP contribution >= 0.6 is 0 Å². The van der Waals surface area contributed by atoms with Crippen LogP contribution in [0.4, 0.5) is 0 Å². The first-order valence-corrected chi connectivity index (χ1v) is 18.0. The molecule has 270 valence electrons. The van der Waals surface area contributed by atoms with E-state index in [1.54, 1.807) is 24.9 Å². The van der Waals surface area contributed by atoms with E-state index in [4.69, 9.17) is 9.47 Å². The third kappa shape index (κ3) is 10.4. The second kappa shape index (κ2) is 18.1. The van der Waals surface area contributed by atoms with E-state index in [1.165, 1.54) is 6.33 Å². The highest BCUT2D eigenvalue weighted by Crippen LogP contribution is 2.29. The summed E-state index contributed by atoms with van der Waals surface area (Å²) in [6.07, 6.45) is 6.92. The van der Waals surface area contributed by atoms with Crippen LogP contribution < -0.4 is 10.6 Å². The summed E-state index contributed by atoms with van der Waals surface area (Å²) in [5.41, 5.74) is 1.54. The molecule has 0 bridgehead atoms. The zero-order valence-corrected chi connectivity index (χ0v) is 29.1. The molecule has 1 saturated carbocycles. The lowest BCUT2D eigenvalue weighted by Crippen LogP contribution is -2.56. The minimum Gasteiger partial charge on any atom is -0.461 e. The molecule has 4 atom stereocenters. The van der Waals surface area contributed by atoms with Crippen LogP contribution in [0.25, 0.3) is 10.8 Å². The molecule has 3 unspecified atom stereocenters. The summed E-state index contributed by atoms with van der Waals surface area (Å²) < 4.78 is 10.7. The number of H-pyrrole nitrogens is 1. The number of imidazole rings is 1. The molecule has 0 spiro atoms. The number of amides is 3. The lowest BCUT2D eigenvalue weighted by atomic mass is 9.83. The molecule has 12 heteroatoms. The summed E-state index contributed by atoms with van der Waals surface area (Å²) in [6.45, 7) is 5.20. The van der Waals surface area contributed by atoms with Crippen LogP contribution in [0, 0.1) is 11.8 Å². The van der Waals surface area contributed by atoms with Gasteiger partial charge in [-0.3, -0.25) is 14.4 Å². The Balaban J connectivity index is 1.39. The van der Waals surface area contributed by atoms with Crippen molar-refractivity contribution in [3.63, 3.8) is 0 Å². The molecule has 4 N–H and O–H groups in total.